The van der Waals surface area contributed by atoms with Crippen LogP contribution in [0.3, 0.4) is 0 Å². The van der Waals surface area contributed by atoms with E-state index >= 15 is 0 Å². The van der Waals surface area contributed by atoms with Crippen molar-refractivity contribution in [3.63, 3.8) is 0 Å². The standard InChI is InChI=1S/C30H44N4O3/c1-4-9-22-10-8-13-24(22)31-19-16-30(23-11-6-5-7-12-23)17-20-34(21-18-30)28(37)29(2,3)33-27(36)25-14-15-26(35)32-25/h5-7,11-12,22,25H,4,8-10,13-21H2,1-3H3,(H,32,35)(H,33,36). The highest BCUT2D eigenvalue weighted by Gasteiger charge is 2.42. The van der Waals surface area contributed by atoms with Gasteiger partial charge in [-0.2, -0.15) is 0 Å². The number of benzene rings is 1. The molecule has 3 fully saturated rings. The summed E-state index contributed by atoms with van der Waals surface area (Å²) < 4.78 is 0. The van der Waals surface area contributed by atoms with E-state index in [0.717, 1.165) is 32.2 Å². The normalized spacial score (nSPS) is 24.8. The Morgan fingerprint density at radius 1 is 1.14 bits per heavy atom. The molecule has 0 aromatic heterocycles. The number of carbonyl (C=O) groups excluding carboxylic acids is 3. The fraction of sp³-hybridized carbons (Fsp3) is 0.667. The van der Waals surface area contributed by atoms with Gasteiger partial charge in [-0.1, -0.05) is 43.7 Å². The van der Waals surface area contributed by atoms with Crippen molar-refractivity contribution >= 4 is 23.4 Å². The van der Waals surface area contributed by atoms with Crippen molar-refractivity contribution in [2.75, 3.05) is 19.6 Å². The Labute approximate surface area is 221 Å². The molecule has 7 nitrogen and oxygen atoms in total. The molecule has 1 aromatic rings. The third-order valence-corrected chi connectivity index (χ3v) is 8.68. The van der Waals surface area contributed by atoms with E-state index in [9.17, 15) is 14.4 Å². The SMILES string of the molecule is CCCC1CCCC1=NCCC1(c2ccccc2)CCN(C(=O)C(C)(C)NC(=O)C2CCC(=O)N2)CC1. The average molecular weight is 509 g/mol. The molecule has 2 N–H and O–H groups in total. The molecule has 3 amide bonds. The van der Waals surface area contributed by atoms with Crippen LogP contribution < -0.4 is 10.6 Å². The molecule has 37 heavy (non-hydrogen) atoms. The summed E-state index contributed by atoms with van der Waals surface area (Å²) in [7, 11) is 0. The first-order valence-corrected chi connectivity index (χ1v) is 14.2. The number of nitrogens with zero attached hydrogens (tertiary/aromatic N) is 2. The van der Waals surface area contributed by atoms with E-state index in [1.54, 1.807) is 13.8 Å². The maximum Gasteiger partial charge on any atom is 0.247 e. The molecule has 1 aromatic carbocycles. The van der Waals surface area contributed by atoms with Gasteiger partial charge in [0, 0.05) is 37.2 Å². The van der Waals surface area contributed by atoms with E-state index in [1.807, 2.05) is 4.90 Å². The van der Waals surface area contributed by atoms with Crippen LogP contribution in [0.1, 0.15) is 90.5 Å². The minimum atomic E-state index is -1.03. The first kappa shape index (κ1) is 27.3. The van der Waals surface area contributed by atoms with Gasteiger partial charge in [0.15, 0.2) is 0 Å². The quantitative estimate of drug-likeness (QED) is 0.525. The van der Waals surface area contributed by atoms with E-state index in [0.29, 0.717) is 31.8 Å². The zero-order chi connectivity index (χ0) is 26.5. The van der Waals surface area contributed by atoms with Crippen molar-refractivity contribution in [1.82, 2.24) is 15.5 Å². The number of hydrogen-bond acceptors (Lipinski definition) is 4. The van der Waals surface area contributed by atoms with E-state index in [2.05, 4.69) is 47.9 Å². The van der Waals surface area contributed by atoms with Crippen LogP contribution in [0.4, 0.5) is 0 Å². The van der Waals surface area contributed by atoms with Crippen LogP contribution in [-0.4, -0.2) is 59.5 Å². The first-order chi connectivity index (χ1) is 17.7. The molecule has 1 aliphatic carbocycles. The topological polar surface area (TPSA) is 90.9 Å². The lowest BCUT2D eigenvalue weighted by Gasteiger charge is -2.44. The van der Waals surface area contributed by atoms with Crippen molar-refractivity contribution in [1.29, 1.82) is 0 Å². The van der Waals surface area contributed by atoms with E-state index < -0.39 is 11.6 Å². The Morgan fingerprint density at radius 2 is 1.86 bits per heavy atom. The highest BCUT2D eigenvalue weighted by molar-refractivity contribution is 5.95. The zero-order valence-corrected chi connectivity index (χ0v) is 22.9. The molecule has 0 bridgehead atoms. The van der Waals surface area contributed by atoms with Crippen molar-refractivity contribution < 1.29 is 14.4 Å². The molecule has 2 atom stereocenters. The highest BCUT2D eigenvalue weighted by Crippen LogP contribution is 2.39. The van der Waals surface area contributed by atoms with Crippen LogP contribution in [0.2, 0.25) is 0 Å². The molecule has 0 spiro atoms. The first-order valence-electron chi connectivity index (χ1n) is 14.2. The Morgan fingerprint density at radius 3 is 2.51 bits per heavy atom. The van der Waals surface area contributed by atoms with Crippen molar-refractivity contribution in [2.45, 2.75) is 102 Å². The van der Waals surface area contributed by atoms with E-state index in [4.69, 9.17) is 4.99 Å². The van der Waals surface area contributed by atoms with Gasteiger partial charge in [0.25, 0.3) is 0 Å². The molecule has 0 radical (unpaired) electrons. The largest absolute Gasteiger partial charge is 0.344 e. The van der Waals surface area contributed by atoms with Crippen molar-refractivity contribution in [2.24, 2.45) is 10.9 Å². The summed E-state index contributed by atoms with van der Waals surface area (Å²) in [6.45, 7) is 7.92. The van der Waals surface area contributed by atoms with Crippen molar-refractivity contribution in [3.05, 3.63) is 35.9 Å². The molecule has 3 aliphatic rings. The lowest BCUT2D eigenvalue weighted by Crippen LogP contribution is -2.60. The minimum Gasteiger partial charge on any atom is -0.344 e. The van der Waals surface area contributed by atoms with E-state index in [1.165, 1.54) is 37.0 Å². The second-order valence-electron chi connectivity index (χ2n) is 11.7. The van der Waals surface area contributed by atoms with Crippen LogP contribution >= 0.6 is 0 Å². The monoisotopic (exact) mass is 508 g/mol. The maximum absolute atomic E-state index is 13.5. The zero-order valence-electron chi connectivity index (χ0n) is 22.9. The van der Waals surface area contributed by atoms with Gasteiger partial charge in [-0.05, 0) is 76.7 Å². The number of hydrogen-bond donors (Lipinski definition) is 2. The fourth-order valence-electron chi connectivity index (χ4n) is 6.45. The third-order valence-electron chi connectivity index (χ3n) is 8.68. The summed E-state index contributed by atoms with van der Waals surface area (Å²) in [5, 5.41) is 5.57. The number of likely N-dealkylation sites (tertiary alicyclic amines) is 1. The molecular formula is C30H44N4O3. The Hall–Kier alpha value is -2.70. The summed E-state index contributed by atoms with van der Waals surface area (Å²) in [6, 6.07) is 10.2. The highest BCUT2D eigenvalue weighted by atomic mass is 16.2. The van der Waals surface area contributed by atoms with Crippen LogP contribution in [-0.2, 0) is 19.8 Å². The molecule has 7 heteroatoms. The summed E-state index contributed by atoms with van der Waals surface area (Å²) >= 11 is 0. The molecule has 4 rings (SSSR count). The number of amides is 3. The van der Waals surface area contributed by atoms with Gasteiger partial charge in [-0.15, -0.1) is 0 Å². The number of piperidine rings is 1. The summed E-state index contributed by atoms with van der Waals surface area (Å²) in [5.74, 6) is 0.205. The molecule has 2 unspecified atom stereocenters. The average Bonchev–Trinajstić information content (AvgIpc) is 3.53. The smallest absolute Gasteiger partial charge is 0.247 e. The van der Waals surface area contributed by atoms with Crippen LogP contribution in [0.25, 0.3) is 0 Å². The predicted octanol–water partition coefficient (Wildman–Crippen LogP) is 4.15. The number of nitrogens with one attached hydrogen (secondary N) is 2. The Balaban J connectivity index is 1.40. The van der Waals surface area contributed by atoms with Crippen LogP contribution in [0.15, 0.2) is 35.3 Å². The lowest BCUT2D eigenvalue weighted by atomic mass is 9.70. The molecule has 202 valence electrons. The second-order valence-corrected chi connectivity index (χ2v) is 11.7. The summed E-state index contributed by atoms with van der Waals surface area (Å²) in [5.41, 5.74) is 1.74. The summed E-state index contributed by atoms with van der Waals surface area (Å²) in [4.78, 5) is 44.7. The molecule has 2 heterocycles. The van der Waals surface area contributed by atoms with Gasteiger partial charge in [0.2, 0.25) is 17.7 Å². The Kier molecular flexibility index (Phi) is 8.71. The van der Waals surface area contributed by atoms with Gasteiger partial charge in [0.05, 0.1) is 0 Å². The van der Waals surface area contributed by atoms with Crippen LogP contribution in [0.5, 0.6) is 0 Å². The number of aliphatic imine (C=N–C) groups is 1. The van der Waals surface area contributed by atoms with Gasteiger partial charge in [-0.25, -0.2) is 0 Å². The van der Waals surface area contributed by atoms with Gasteiger partial charge < -0.3 is 15.5 Å². The van der Waals surface area contributed by atoms with Gasteiger partial charge >= 0.3 is 0 Å². The molecule has 2 aliphatic heterocycles. The fourth-order valence-corrected chi connectivity index (χ4v) is 6.45. The second kappa shape index (κ2) is 11.8. The van der Waals surface area contributed by atoms with E-state index in [-0.39, 0.29) is 23.1 Å². The minimum absolute atomic E-state index is 0.00246. The molecule has 1 saturated carbocycles. The lowest BCUT2D eigenvalue weighted by molar-refractivity contribution is -0.142. The Bertz CT molecular complexity index is 995. The predicted molar refractivity (Wildman–Crippen MR) is 146 cm³/mol. The van der Waals surface area contributed by atoms with Gasteiger partial charge in [0.1, 0.15) is 11.6 Å². The number of rotatable bonds is 9. The van der Waals surface area contributed by atoms with Gasteiger partial charge in [-0.3, -0.25) is 19.4 Å². The molecular weight excluding hydrogens is 464 g/mol. The van der Waals surface area contributed by atoms with Crippen molar-refractivity contribution in [3.8, 4) is 0 Å². The third kappa shape index (κ3) is 6.42. The van der Waals surface area contributed by atoms with Crippen LogP contribution in [0, 0.1) is 5.92 Å². The maximum atomic E-state index is 13.5. The molecule has 2 saturated heterocycles. The summed E-state index contributed by atoms with van der Waals surface area (Å²) in [6.07, 6.45) is 9.75. The number of carbonyl (C=O) groups is 3.